The fraction of sp³-hybridized carbons (Fsp3) is 0.375. The lowest BCUT2D eigenvalue weighted by Gasteiger charge is -2.20. The third kappa shape index (κ3) is 5.17. The summed E-state index contributed by atoms with van der Waals surface area (Å²) in [5.74, 6) is 0. The van der Waals surface area contributed by atoms with Crippen molar-refractivity contribution in [2.75, 3.05) is 18.4 Å². The van der Waals surface area contributed by atoms with Crippen LogP contribution in [0.3, 0.4) is 0 Å². The van der Waals surface area contributed by atoms with E-state index in [0.29, 0.717) is 18.1 Å². The third-order valence-corrected chi connectivity index (χ3v) is 3.16. The largest absolute Gasteiger partial charge is 0.444 e. The first-order valence-corrected chi connectivity index (χ1v) is 7.72. The predicted octanol–water partition coefficient (Wildman–Crippen LogP) is 3.46. The van der Waals surface area contributed by atoms with Crippen LogP contribution < -0.4 is 10.6 Å². The average Bonchev–Trinajstić information content (AvgIpc) is 2.95. The van der Waals surface area contributed by atoms with Crippen LogP contribution >= 0.6 is 11.6 Å². The van der Waals surface area contributed by atoms with Crippen molar-refractivity contribution in [1.82, 2.24) is 14.9 Å². The van der Waals surface area contributed by atoms with Crippen LogP contribution in [0.1, 0.15) is 20.8 Å². The van der Waals surface area contributed by atoms with Crippen LogP contribution in [0.25, 0.3) is 5.69 Å². The van der Waals surface area contributed by atoms with Crippen molar-refractivity contribution in [1.29, 1.82) is 0 Å². The van der Waals surface area contributed by atoms with Gasteiger partial charge < -0.3 is 19.9 Å². The summed E-state index contributed by atoms with van der Waals surface area (Å²) in [6.07, 6.45) is 4.77. The molecule has 6 nitrogen and oxygen atoms in total. The fourth-order valence-electron chi connectivity index (χ4n) is 1.99. The maximum Gasteiger partial charge on any atom is 0.407 e. The minimum Gasteiger partial charge on any atom is -0.444 e. The summed E-state index contributed by atoms with van der Waals surface area (Å²) in [7, 11) is 0. The van der Waals surface area contributed by atoms with Gasteiger partial charge in [-0.15, -0.1) is 0 Å². The molecule has 7 heteroatoms. The molecular weight excluding hydrogens is 316 g/mol. The molecule has 0 aliphatic carbocycles. The van der Waals surface area contributed by atoms with Crippen LogP contribution in [0.2, 0.25) is 5.02 Å². The van der Waals surface area contributed by atoms with E-state index in [1.165, 1.54) is 0 Å². The van der Waals surface area contributed by atoms with E-state index in [1.807, 2.05) is 49.7 Å². The van der Waals surface area contributed by atoms with Gasteiger partial charge in [-0.3, -0.25) is 0 Å². The highest BCUT2D eigenvalue weighted by Crippen LogP contribution is 2.28. The Kier molecular flexibility index (Phi) is 5.50. The Morgan fingerprint density at radius 1 is 1.35 bits per heavy atom. The summed E-state index contributed by atoms with van der Waals surface area (Å²) in [5.41, 5.74) is 1.18. The Balaban J connectivity index is 1.92. The van der Waals surface area contributed by atoms with E-state index in [4.69, 9.17) is 16.3 Å². The first kappa shape index (κ1) is 17.1. The van der Waals surface area contributed by atoms with Crippen molar-refractivity contribution in [2.45, 2.75) is 26.4 Å². The van der Waals surface area contributed by atoms with E-state index in [2.05, 4.69) is 15.6 Å². The molecule has 1 aromatic heterocycles. The maximum atomic E-state index is 11.6. The normalized spacial score (nSPS) is 11.1. The van der Waals surface area contributed by atoms with Gasteiger partial charge >= 0.3 is 6.09 Å². The third-order valence-electron chi connectivity index (χ3n) is 2.86. The molecule has 1 aromatic carbocycles. The van der Waals surface area contributed by atoms with Gasteiger partial charge in [-0.1, -0.05) is 17.7 Å². The predicted molar refractivity (Wildman–Crippen MR) is 91.3 cm³/mol. The molecule has 2 N–H and O–H groups in total. The molecule has 0 fully saturated rings. The SMILES string of the molecule is CC(C)(C)OC(=O)NCCNc1cccc(Cl)c1-n1ccnc1. The minimum absolute atomic E-state index is 0.430. The summed E-state index contributed by atoms with van der Waals surface area (Å²) in [5, 5.41) is 6.58. The number of anilines is 1. The van der Waals surface area contributed by atoms with Gasteiger partial charge in [0.05, 0.1) is 22.7 Å². The fourth-order valence-corrected chi connectivity index (χ4v) is 2.26. The molecule has 0 unspecified atom stereocenters. The van der Waals surface area contributed by atoms with Gasteiger partial charge in [-0.2, -0.15) is 0 Å². The molecule has 1 heterocycles. The zero-order chi connectivity index (χ0) is 16.9. The molecule has 0 spiro atoms. The molecule has 0 bridgehead atoms. The Morgan fingerprint density at radius 2 is 2.13 bits per heavy atom. The van der Waals surface area contributed by atoms with Crippen molar-refractivity contribution in [3.63, 3.8) is 0 Å². The van der Waals surface area contributed by atoms with Gasteiger partial charge in [0.25, 0.3) is 0 Å². The number of benzene rings is 1. The highest BCUT2D eigenvalue weighted by molar-refractivity contribution is 6.33. The number of carbonyl (C=O) groups excluding carboxylic acids is 1. The van der Waals surface area contributed by atoms with E-state index < -0.39 is 11.7 Å². The van der Waals surface area contributed by atoms with Gasteiger partial charge in [0.2, 0.25) is 0 Å². The van der Waals surface area contributed by atoms with E-state index in [1.54, 1.807) is 12.5 Å². The summed E-state index contributed by atoms with van der Waals surface area (Å²) < 4.78 is 7.02. The number of carbonyl (C=O) groups is 1. The summed E-state index contributed by atoms with van der Waals surface area (Å²) in [6.45, 7) is 6.46. The number of alkyl carbamates (subject to hydrolysis) is 1. The minimum atomic E-state index is -0.501. The topological polar surface area (TPSA) is 68.2 Å². The number of para-hydroxylation sites is 1. The molecule has 0 aliphatic heterocycles. The molecule has 1 amide bonds. The highest BCUT2D eigenvalue weighted by atomic mass is 35.5. The van der Waals surface area contributed by atoms with Crippen molar-refractivity contribution in [3.05, 3.63) is 41.9 Å². The second-order valence-electron chi connectivity index (χ2n) is 5.96. The molecular formula is C16H21ClN4O2. The molecule has 23 heavy (non-hydrogen) atoms. The number of ether oxygens (including phenoxy) is 1. The lowest BCUT2D eigenvalue weighted by Crippen LogP contribution is -2.35. The first-order valence-electron chi connectivity index (χ1n) is 7.34. The van der Waals surface area contributed by atoms with Crippen LogP contribution in [0.5, 0.6) is 0 Å². The van der Waals surface area contributed by atoms with Crippen LogP contribution in [-0.2, 0) is 4.74 Å². The summed E-state index contributed by atoms with van der Waals surface area (Å²) in [6, 6.07) is 5.61. The smallest absolute Gasteiger partial charge is 0.407 e. The molecule has 2 rings (SSSR count). The molecule has 0 atom stereocenters. The van der Waals surface area contributed by atoms with Gasteiger partial charge in [-0.25, -0.2) is 9.78 Å². The Bertz CT molecular complexity index is 651. The van der Waals surface area contributed by atoms with Crippen LogP contribution in [-0.4, -0.2) is 34.3 Å². The number of rotatable bonds is 5. The monoisotopic (exact) mass is 336 g/mol. The van der Waals surface area contributed by atoms with Crippen LogP contribution in [0, 0.1) is 0 Å². The van der Waals surface area contributed by atoms with Gasteiger partial charge in [-0.05, 0) is 32.9 Å². The van der Waals surface area contributed by atoms with Crippen molar-refractivity contribution < 1.29 is 9.53 Å². The lowest BCUT2D eigenvalue weighted by atomic mass is 10.2. The molecule has 2 aromatic rings. The zero-order valence-electron chi connectivity index (χ0n) is 13.5. The van der Waals surface area contributed by atoms with Crippen molar-refractivity contribution in [3.8, 4) is 5.69 Å². The number of hydrogen-bond acceptors (Lipinski definition) is 4. The van der Waals surface area contributed by atoms with Crippen molar-refractivity contribution in [2.24, 2.45) is 0 Å². The first-order chi connectivity index (χ1) is 10.9. The second kappa shape index (κ2) is 7.37. The zero-order valence-corrected chi connectivity index (χ0v) is 14.2. The molecule has 124 valence electrons. The second-order valence-corrected chi connectivity index (χ2v) is 6.37. The Labute approximate surface area is 140 Å². The van der Waals surface area contributed by atoms with E-state index >= 15 is 0 Å². The summed E-state index contributed by atoms with van der Waals surface area (Å²) >= 11 is 6.28. The number of nitrogens with one attached hydrogen (secondary N) is 2. The Morgan fingerprint density at radius 3 is 2.78 bits per heavy atom. The Hall–Kier alpha value is -2.21. The summed E-state index contributed by atoms with van der Waals surface area (Å²) in [4.78, 5) is 15.6. The molecule has 0 radical (unpaired) electrons. The maximum absolute atomic E-state index is 11.6. The number of aromatic nitrogens is 2. The number of amides is 1. The average molecular weight is 337 g/mol. The number of halogens is 1. The molecule has 0 saturated heterocycles. The number of imidazole rings is 1. The van der Waals surface area contributed by atoms with E-state index in [-0.39, 0.29) is 0 Å². The van der Waals surface area contributed by atoms with Crippen LogP contribution in [0.4, 0.5) is 10.5 Å². The van der Waals surface area contributed by atoms with Gasteiger partial charge in [0.1, 0.15) is 5.60 Å². The number of nitrogens with zero attached hydrogens (tertiary/aromatic N) is 2. The quantitative estimate of drug-likeness (QED) is 0.820. The van der Waals surface area contributed by atoms with Crippen LogP contribution in [0.15, 0.2) is 36.9 Å². The van der Waals surface area contributed by atoms with Crippen molar-refractivity contribution >= 4 is 23.4 Å². The van der Waals surface area contributed by atoms with Gasteiger partial charge in [0, 0.05) is 25.5 Å². The van der Waals surface area contributed by atoms with E-state index in [9.17, 15) is 4.79 Å². The standard InChI is InChI=1S/C16H21ClN4O2/c1-16(2,3)23-15(22)20-8-7-19-13-6-4-5-12(17)14(13)21-10-9-18-11-21/h4-6,9-11,19H,7-8H2,1-3H3,(H,20,22). The van der Waals surface area contributed by atoms with Gasteiger partial charge in [0.15, 0.2) is 0 Å². The molecule has 0 saturated carbocycles. The lowest BCUT2D eigenvalue weighted by molar-refractivity contribution is 0.0530. The van der Waals surface area contributed by atoms with E-state index in [0.717, 1.165) is 11.4 Å². The molecule has 0 aliphatic rings. The number of hydrogen-bond donors (Lipinski definition) is 2. The highest BCUT2D eigenvalue weighted by Gasteiger charge is 2.15.